The van der Waals surface area contributed by atoms with Gasteiger partial charge in [0.2, 0.25) is 0 Å². The molecule has 0 bridgehead atoms. The molecule has 1 heterocycles. The van der Waals surface area contributed by atoms with Crippen LogP contribution < -0.4 is 10.6 Å². The van der Waals surface area contributed by atoms with E-state index in [1.165, 1.54) is 0 Å². The van der Waals surface area contributed by atoms with Crippen molar-refractivity contribution in [2.75, 3.05) is 25.0 Å². The molecule has 0 saturated carbocycles. The molecule has 0 radical (unpaired) electrons. The maximum absolute atomic E-state index is 5.77. The molecule has 0 aromatic carbocycles. The van der Waals surface area contributed by atoms with E-state index in [2.05, 4.69) is 38.5 Å². The third kappa shape index (κ3) is 3.82. The molecule has 0 fully saturated rings. The van der Waals surface area contributed by atoms with Crippen molar-refractivity contribution in [3.05, 3.63) is 21.8 Å². The number of pyridine rings is 1. The van der Waals surface area contributed by atoms with Crippen LogP contribution in [0.3, 0.4) is 0 Å². The summed E-state index contributed by atoms with van der Waals surface area (Å²) >= 11 is 9.15. The molecule has 1 aromatic heterocycles. The fourth-order valence-electron chi connectivity index (χ4n) is 0.991. The first kappa shape index (κ1) is 11.8. The number of hydrogen-bond acceptors (Lipinski definition) is 3. The normalized spacial score (nSPS) is 10.2. The Balaban J connectivity index is 2.42. The molecule has 5 heteroatoms. The van der Waals surface area contributed by atoms with Crippen LogP contribution in [0.2, 0.25) is 5.02 Å². The molecular weight excluding hydrogens is 265 g/mol. The molecule has 0 atom stereocenters. The highest BCUT2D eigenvalue weighted by atomic mass is 79.9. The molecule has 78 valence electrons. The Labute approximate surface area is 97.4 Å². The van der Waals surface area contributed by atoms with E-state index in [4.69, 9.17) is 11.6 Å². The number of anilines is 1. The van der Waals surface area contributed by atoms with Crippen LogP contribution in [0.1, 0.15) is 6.92 Å². The smallest absolute Gasteiger partial charge is 0.140 e. The van der Waals surface area contributed by atoms with Gasteiger partial charge in [0.1, 0.15) is 5.82 Å². The summed E-state index contributed by atoms with van der Waals surface area (Å²) in [5.41, 5.74) is 0. The molecule has 0 amide bonds. The minimum Gasteiger partial charge on any atom is -0.368 e. The third-order valence-electron chi connectivity index (χ3n) is 1.65. The molecule has 1 aromatic rings. The summed E-state index contributed by atoms with van der Waals surface area (Å²) in [6.07, 6.45) is 1.63. The number of halogens is 2. The predicted molar refractivity (Wildman–Crippen MR) is 64.0 cm³/mol. The summed E-state index contributed by atoms with van der Waals surface area (Å²) in [7, 11) is 0. The maximum atomic E-state index is 5.77. The van der Waals surface area contributed by atoms with Gasteiger partial charge in [-0.1, -0.05) is 18.5 Å². The van der Waals surface area contributed by atoms with Gasteiger partial charge in [-0.05, 0) is 28.5 Å². The van der Waals surface area contributed by atoms with Gasteiger partial charge in [-0.2, -0.15) is 0 Å². The molecule has 0 aliphatic heterocycles. The van der Waals surface area contributed by atoms with Gasteiger partial charge in [-0.3, -0.25) is 0 Å². The summed E-state index contributed by atoms with van der Waals surface area (Å²) in [5, 5.41) is 7.05. The topological polar surface area (TPSA) is 37.0 Å². The van der Waals surface area contributed by atoms with E-state index >= 15 is 0 Å². The average molecular weight is 279 g/mol. The highest BCUT2D eigenvalue weighted by Crippen LogP contribution is 2.22. The number of rotatable bonds is 5. The van der Waals surface area contributed by atoms with Crippen molar-refractivity contribution in [2.24, 2.45) is 0 Å². The third-order valence-corrected chi connectivity index (χ3v) is 2.46. The first-order valence-corrected chi connectivity index (χ1v) is 5.66. The van der Waals surface area contributed by atoms with Crippen LogP contribution in [0.4, 0.5) is 5.82 Å². The van der Waals surface area contributed by atoms with Crippen LogP contribution in [-0.2, 0) is 0 Å². The van der Waals surface area contributed by atoms with Crippen molar-refractivity contribution < 1.29 is 0 Å². The molecule has 0 aliphatic rings. The number of likely N-dealkylation sites (N-methyl/N-ethyl adjacent to an activating group) is 1. The van der Waals surface area contributed by atoms with Crippen LogP contribution >= 0.6 is 27.5 Å². The van der Waals surface area contributed by atoms with E-state index in [0.717, 1.165) is 29.9 Å². The van der Waals surface area contributed by atoms with Crippen molar-refractivity contribution in [1.29, 1.82) is 0 Å². The minimum atomic E-state index is 0.633. The largest absolute Gasteiger partial charge is 0.368 e. The van der Waals surface area contributed by atoms with Crippen molar-refractivity contribution >= 4 is 33.3 Å². The Hall–Kier alpha value is -0.320. The Morgan fingerprint density at radius 1 is 1.50 bits per heavy atom. The second-order valence-corrected chi connectivity index (χ2v) is 4.06. The van der Waals surface area contributed by atoms with Gasteiger partial charge >= 0.3 is 0 Å². The second-order valence-electron chi connectivity index (χ2n) is 2.76. The summed E-state index contributed by atoms with van der Waals surface area (Å²) in [4.78, 5) is 4.16. The zero-order valence-corrected chi connectivity index (χ0v) is 10.3. The van der Waals surface area contributed by atoms with Crippen LogP contribution in [0.15, 0.2) is 16.7 Å². The minimum absolute atomic E-state index is 0.633. The van der Waals surface area contributed by atoms with Gasteiger partial charge in [0.25, 0.3) is 0 Å². The lowest BCUT2D eigenvalue weighted by Gasteiger charge is -2.07. The Morgan fingerprint density at radius 2 is 2.29 bits per heavy atom. The predicted octanol–water partition coefficient (Wildman–Crippen LogP) is 2.52. The molecule has 14 heavy (non-hydrogen) atoms. The molecule has 0 saturated heterocycles. The zero-order valence-electron chi connectivity index (χ0n) is 7.98. The summed E-state index contributed by atoms with van der Waals surface area (Å²) in [5.74, 6) is 0.826. The monoisotopic (exact) mass is 277 g/mol. The average Bonchev–Trinajstić information content (AvgIpc) is 2.15. The van der Waals surface area contributed by atoms with Crippen LogP contribution in [0, 0.1) is 0 Å². The van der Waals surface area contributed by atoms with E-state index in [-0.39, 0.29) is 0 Å². The first-order chi connectivity index (χ1) is 6.74. The molecule has 3 nitrogen and oxygen atoms in total. The molecule has 0 unspecified atom stereocenters. The molecule has 0 spiro atoms. The zero-order chi connectivity index (χ0) is 10.4. The van der Waals surface area contributed by atoms with Crippen molar-refractivity contribution in [2.45, 2.75) is 6.92 Å². The van der Waals surface area contributed by atoms with Gasteiger partial charge in [0.05, 0.1) is 9.50 Å². The van der Waals surface area contributed by atoms with Crippen molar-refractivity contribution in [1.82, 2.24) is 10.3 Å². The number of aromatic nitrogens is 1. The molecule has 1 rings (SSSR count). The number of nitrogens with one attached hydrogen (secondary N) is 2. The van der Waals surface area contributed by atoms with E-state index < -0.39 is 0 Å². The van der Waals surface area contributed by atoms with E-state index in [1.54, 1.807) is 6.20 Å². The Bertz CT molecular complexity index is 293. The van der Waals surface area contributed by atoms with Crippen LogP contribution in [0.5, 0.6) is 0 Å². The fraction of sp³-hybridized carbons (Fsp3) is 0.444. The standard InChI is InChI=1S/C9H13BrClN3/c1-2-12-3-4-13-9-8(10)5-7(11)6-14-9/h5-6,12H,2-4H2,1H3,(H,13,14). The van der Waals surface area contributed by atoms with Crippen molar-refractivity contribution in [3.63, 3.8) is 0 Å². The SMILES string of the molecule is CCNCCNc1ncc(Cl)cc1Br. The van der Waals surface area contributed by atoms with E-state index in [1.807, 2.05) is 6.07 Å². The van der Waals surface area contributed by atoms with Crippen LogP contribution in [0.25, 0.3) is 0 Å². The van der Waals surface area contributed by atoms with Gasteiger partial charge < -0.3 is 10.6 Å². The number of nitrogens with zero attached hydrogens (tertiary/aromatic N) is 1. The van der Waals surface area contributed by atoms with Crippen molar-refractivity contribution in [3.8, 4) is 0 Å². The fourth-order valence-corrected chi connectivity index (χ4v) is 1.77. The quantitative estimate of drug-likeness (QED) is 0.813. The Morgan fingerprint density at radius 3 is 2.93 bits per heavy atom. The van der Waals surface area contributed by atoms with E-state index in [9.17, 15) is 0 Å². The van der Waals surface area contributed by atoms with Gasteiger partial charge in [-0.25, -0.2) is 4.98 Å². The lowest BCUT2D eigenvalue weighted by atomic mass is 10.4. The van der Waals surface area contributed by atoms with Gasteiger partial charge in [-0.15, -0.1) is 0 Å². The highest BCUT2D eigenvalue weighted by molar-refractivity contribution is 9.10. The summed E-state index contributed by atoms with van der Waals surface area (Å²) < 4.78 is 0.890. The summed E-state index contributed by atoms with van der Waals surface area (Å²) in [6, 6.07) is 1.82. The lowest BCUT2D eigenvalue weighted by molar-refractivity contribution is 0.737. The molecular formula is C9H13BrClN3. The van der Waals surface area contributed by atoms with Crippen LogP contribution in [-0.4, -0.2) is 24.6 Å². The highest BCUT2D eigenvalue weighted by Gasteiger charge is 2.00. The van der Waals surface area contributed by atoms with Gasteiger partial charge in [0.15, 0.2) is 0 Å². The Kier molecular flexibility index (Phi) is 5.22. The van der Waals surface area contributed by atoms with E-state index in [0.29, 0.717) is 5.02 Å². The lowest BCUT2D eigenvalue weighted by Crippen LogP contribution is -2.22. The number of hydrogen-bond donors (Lipinski definition) is 2. The summed E-state index contributed by atoms with van der Waals surface area (Å²) in [6.45, 7) is 4.83. The second kappa shape index (κ2) is 6.22. The molecule has 0 aliphatic carbocycles. The maximum Gasteiger partial charge on any atom is 0.140 e. The molecule has 2 N–H and O–H groups in total. The first-order valence-electron chi connectivity index (χ1n) is 4.49. The van der Waals surface area contributed by atoms with Gasteiger partial charge in [0, 0.05) is 19.3 Å².